The maximum Gasteiger partial charge on any atom is 0.0990 e. The van der Waals surface area contributed by atoms with Gasteiger partial charge in [0.15, 0.2) is 0 Å². The second-order valence-corrected chi connectivity index (χ2v) is 12.8. The lowest BCUT2D eigenvalue weighted by molar-refractivity contribution is 0.385. The Bertz CT molecular complexity index is 1560. The SMILES string of the molecule is BrCC(c1nc2ccccc2s1)C1(C(CBr)c2nc3ccccc3s2)c2ccccc2-c2ccccc21. The largest absolute Gasteiger partial charge is 0.241 e. The predicted molar refractivity (Wildman–Crippen MR) is 165 cm³/mol. The van der Waals surface area contributed by atoms with Gasteiger partial charge in [0.1, 0.15) is 0 Å². The monoisotopic (exact) mass is 644 g/mol. The summed E-state index contributed by atoms with van der Waals surface area (Å²) in [4.78, 5) is 10.5. The fourth-order valence-electron chi connectivity index (χ4n) is 6.14. The molecule has 0 aliphatic heterocycles. The summed E-state index contributed by atoms with van der Waals surface area (Å²) in [5, 5.41) is 3.92. The molecule has 2 aromatic heterocycles. The van der Waals surface area contributed by atoms with Gasteiger partial charge in [-0.2, -0.15) is 0 Å². The Kier molecular flexibility index (Phi) is 6.04. The van der Waals surface area contributed by atoms with Crippen LogP contribution in [0.5, 0.6) is 0 Å². The Morgan fingerprint density at radius 1 is 0.568 bits per heavy atom. The molecular weight excluding hydrogens is 624 g/mol. The summed E-state index contributed by atoms with van der Waals surface area (Å²) >= 11 is 11.6. The van der Waals surface area contributed by atoms with E-state index in [0.717, 1.165) is 31.7 Å². The quantitative estimate of drug-likeness (QED) is 0.169. The van der Waals surface area contributed by atoms with E-state index >= 15 is 0 Å². The molecule has 0 spiro atoms. The predicted octanol–water partition coefficient (Wildman–Crippen LogP) is 9.53. The lowest BCUT2D eigenvalue weighted by Gasteiger charge is -2.43. The molecule has 0 radical (unpaired) electrons. The topological polar surface area (TPSA) is 25.8 Å². The summed E-state index contributed by atoms with van der Waals surface area (Å²) in [6.45, 7) is 0. The van der Waals surface area contributed by atoms with Gasteiger partial charge in [0.2, 0.25) is 0 Å². The van der Waals surface area contributed by atoms with E-state index in [1.807, 2.05) is 22.7 Å². The summed E-state index contributed by atoms with van der Waals surface area (Å²) in [6.07, 6.45) is 0. The molecule has 182 valence electrons. The molecule has 0 fully saturated rings. The Hall–Kier alpha value is -2.38. The fourth-order valence-corrected chi connectivity index (χ4v) is 10.5. The first-order chi connectivity index (χ1) is 18.3. The molecule has 2 nitrogen and oxygen atoms in total. The minimum atomic E-state index is -0.345. The number of alkyl halides is 2. The van der Waals surface area contributed by atoms with Gasteiger partial charge in [-0.1, -0.05) is 105 Å². The molecule has 4 aromatic carbocycles. The molecule has 7 rings (SSSR count). The first-order valence-corrected chi connectivity index (χ1v) is 16.2. The summed E-state index contributed by atoms with van der Waals surface area (Å²) in [5.41, 5.74) is 7.15. The molecule has 0 saturated carbocycles. The van der Waals surface area contributed by atoms with Gasteiger partial charge < -0.3 is 0 Å². The number of hydrogen-bond acceptors (Lipinski definition) is 4. The zero-order chi connectivity index (χ0) is 25.0. The van der Waals surface area contributed by atoms with Crippen LogP contribution >= 0.6 is 54.5 Å². The minimum Gasteiger partial charge on any atom is -0.241 e. The highest BCUT2D eigenvalue weighted by atomic mass is 79.9. The van der Waals surface area contributed by atoms with Crippen molar-refractivity contribution >= 4 is 75.0 Å². The van der Waals surface area contributed by atoms with Crippen LogP contribution in [0.3, 0.4) is 0 Å². The van der Waals surface area contributed by atoms with Crippen molar-refractivity contribution in [2.24, 2.45) is 0 Å². The molecule has 0 amide bonds. The van der Waals surface area contributed by atoms with Gasteiger partial charge in [-0.25, -0.2) is 9.97 Å². The highest BCUT2D eigenvalue weighted by Crippen LogP contribution is 2.63. The Balaban J connectivity index is 1.57. The van der Waals surface area contributed by atoms with Crippen molar-refractivity contribution in [2.45, 2.75) is 17.3 Å². The summed E-state index contributed by atoms with van der Waals surface area (Å²) in [7, 11) is 0. The molecule has 0 saturated heterocycles. The fraction of sp³-hybridized carbons (Fsp3) is 0.161. The van der Waals surface area contributed by atoms with Crippen molar-refractivity contribution in [3.63, 3.8) is 0 Å². The normalized spacial score (nSPS) is 15.5. The van der Waals surface area contributed by atoms with Crippen LogP contribution in [-0.4, -0.2) is 20.6 Å². The molecule has 1 aliphatic carbocycles. The van der Waals surface area contributed by atoms with Crippen LogP contribution in [-0.2, 0) is 5.41 Å². The van der Waals surface area contributed by atoms with Crippen LogP contribution in [0.25, 0.3) is 31.6 Å². The third kappa shape index (κ3) is 3.53. The van der Waals surface area contributed by atoms with Gasteiger partial charge in [0.25, 0.3) is 0 Å². The van der Waals surface area contributed by atoms with Gasteiger partial charge in [-0.05, 0) is 46.5 Å². The van der Waals surface area contributed by atoms with E-state index in [4.69, 9.17) is 9.97 Å². The van der Waals surface area contributed by atoms with E-state index in [-0.39, 0.29) is 17.3 Å². The number of fused-ring (bicyclic) bond motifs is 5. The van der Waals surface area contributed by atoms with Crippen molar-refractivity contribution in [1.29, 1.82) is 0 Å². The molecule has 37 heavy (non-hydrogen) atoms. The van der Waals surface area contributed by atoms with Crippen LogP contribution in [0, 0.1) is 0 Å². The van der Waals surface area contributed by atoms with Crippen molar-refractivity contribution in [3.8, 4) is 11.1 Å². The lowest BCUT2D eigenvalue weighted by atomic mass is 9.62. The molecule has 6 aromatic rings. The van der Waals surface area contributed by atoms with Gasteiger partial charge >= 0.3 is 0 Å². The van der Waals surface area contributed by atoms with Crippen molar-refractivity contribution < 1.29 is 0 Å². The van der Waals surface area contributed by atoms with Crippen molar-refractivity contribution in [3.05, 3.63) is 118 Å². The lowest BCUT2D eigenvalue weighted by Crippen LogP contribution is -2.41. The van der Waals surface area contributed by atoms with Crippen molar-refractivity contribution in [2.75, 3.05) is 10.7 Å². The van der Waals surface area contributed by atoms with Crippen LogP contribution in [0.4, 0.5) is 0 Å². The molecule has 2 heterocycles. The standard InChI is InChI=1S/C31H22Br2N2S2/c32-17-23(29-34-25-13-5-7-15-27(25)36-29)31(24(18-33)30-35-26-14-6-8-16-28(26)37-30)21-11-3-1-9-19(21)20-10-2-4-12-22(20)31/h1-16,23-24H,17-18H2. The maximum atomic E-state index is 5.23. The third-order valence-electron chi connectivity index (χ3n) is 7.66. The second-order valence-electron chi connectivity index (χ2n) is 9.41. The first kappa shape index (κ1) is 23.7. The second kappa shape index (κ2) is 9.42. The Labute approximate surface area is 240 Å². The first-order valence-electron chi connectivity index (χ1n) is 12.3. The molecule has 2 atom stereocenters. The van der Waals surface area contributed by atoms with Crippen LogP contribution in [0.2, 0.25) is 0 Å². The van der Waals surface area contributed by atoms with E-state index in [1.165, 1.54) is 31.7 Å². The number of para-hydroxylation sites is 2. The number of aromatic nitrogens is 2. The van der Waals surface area contributed by atoms with Gasteiger partial charge in [-0.3, -0.25) is 0 Å². The highest BCUT2D eigenvalue weighted by molar-refractivity contribution is 9.09. The van der Waals surface area contributed by atoms with E-state index < -0.39 is 0 Å². The molecule has 1 aliphatic rings. The number of halogens is 2. The number of benzene rings is 4. The average molecular weight is 646 g/mol. The third-order valence-corrected chi connectivity index (χ3v) is 11.3. The maximum absolute atomic E-state index is 5.23. The van der Waals surface area contributed by atoms with Crippen LogP contribution in [0.15, 0.2) is 97.1 Å². The zero-order valence-electron chi connectivity index (χ0n) is 19.8. The smallest absolute Gasteiger partial charge is 0.0990 e. The Morgan fingerprint density at radius 2 is 0.973 bits per heavy atom. The van der Waals surface area contributed by atoms with E-state index in [1.54, 1.807) is 0 Å². The van der Waals surface area contributed by atoms with Crippen LogP contribution < -0.4 is 0 Å². The summed E-state index contributed by atoms with van der Waals surface area (Å²) in [5.74, 6) is 0.230. The molecule has 0 N–H and O–H groups in total. The van der Waals surface area contributed by atoms with Gasteiger partial charge in [0, 0.05) is 27.9 Å². The zero-order valence-corrected chi connectivity index (χ0v) is 24.6. The molecular formula is C31H22Br2N2S2. The van der Waals surface area contributed by atoms with Crippen LogP contribution in [0.1, 0.15) is 33.0 Å². The molecule has 2 unspecified atom stereocenters. The van der Waals surface area contributed by atoms with Crippen molar-refractivity contribution in [1.82, 2.24) is 9.97 Å². The number of rotatable bonds is 6. The summed E-state index contributed by atoms with van der Waals surface area (Å²) in [6, 6.07) is 34.9. The highest BCUT2D eigenvalue weighted by Gasteiger charge is 2.55. The molecule has 0 bridgehead atoms. The van der Waals surface area contributed by atoms with Gasteiger partial charge in [-0.15, -0.1) is 22.7 Å². The average Bonchev–Trinajstić information content (AvgIpc) is 3.64. The number of thiazole rings is 2. The van der Waals surface area contributed by atoms with Gasteiger partial charge in [0.05, 0.1) is 30.4 Å². The van der Waals surface area contributed by atoms with E-state index in [0.29, 0.717) is 0 Å². The Morgan fingerprint density at radius 3 is 1.41 bits per heavy atom. The number of nitrogens with zero attached hydrogens (tertiary/aromatic N) is 2. The molecule has 6 heteroatoms. The van der Waals surface area contributed by atoms with E-state index in [2.05, 4.69) is 129 Å². The van der Waals surface area contributed by atoms with E-state index in [9.17, 15) is 0 Å². The summed E-state index contributed by atoms with van der Waals surface area (Å²) < 4.78 is 2.46. The minimum absolute atomic E-state index is 0.115. The number of hydrogen-bond donors (Lipinski definition) is 0.